The van der Waals surface area contributed by atoms with E-state index in [0.29, 0.717) is 25.5 Å². The molecule has 0 bridgehead atoms. The fourth-order valence-corrected chi connectivity index (χ4v) is 3.53. The average molecular weight is 360 g/mol. The summed E-state index contributed by atoms with van der Waals surface area (Å²) in [4.78, 5) is 28.1. The lowest BCUT2D eigenvalue weighted by atomic mass is 10.1. The van der Waals surface area contributed by atoms with Gasteiger partial charge in [-0.15, -0.1) is 0 Å². The summed E-state index contributed by atoms with van der Waals surface area (Å²) in [6.07, 6.45) is 1.52. The standard InChI is InChI=1S/C19H28N4O3/c1-14-10-16(5-6-17(14)23-7-3-4-18(23)24)21-19(25)20-11-15-12-22(2)8-9-26-13-15/h5-6,10,15H,3-4,7-9,11-13H2,1-2H3,(H2,20,21,25)/t15-/m0/s1. The van der Waals surface area contributed by atoms with Gasteiger partial charge in [0.25, 0.3) is 0 Å². The molecule has 0 aliphatic carbocycles. The van der Waals surface area contributed by atoms with Crippen LogP contribution in [0.2, 0.25) is 0 Å². The first-order valence-corrected chi connectivity index (χ1v) is 9.25. The number of hydrogen-bond donors (Lipinski definition) is 2. The maximum absolute atomic E-state index is 12.2. The van der Waals surface area contributed by atoms with E-state index in [1.54, 1.807) is 0 Å². The molecule has 7 nitrogen and oxygen atoms in total. The molecule has 0 aromatic heterocycles. The Morgan fingerprint density at radius 1 is 1.35 bits per heavy atom. The second-order valence-corrected chi connectivity index (χ2v) is 7.19. The quantitative estimate of drug-likeness (QED) is 0.859. The van der Waals surface area contributed by atoms with E-state index in [2.05, 4.69) is 22.6 Å². The van der Waals surface area contributed by atoms with Gasteiger partial charge in [0, 0.05) is 49.9 Å². The molecule has 3 rings (SSSR count). The second-order valence-electron chi connectivity index (χ2n) is 7.19. The zero-order chi connectivity index (χ0) is 18.5. The predicted molar refractivity (Wildman–Crippen MR) is 102 cm³/mol. The molecule has 1 aromatic rings. The third-order valence-corrected chi connectivity index (χ3v) is 4.91. The lowest BCUT2D eigenvalue weighted by Gasteiger charge is -2.20. The van der Waals surface area contributed by atoms with Crippen molar-refractivity contribution in [2.24, 2.45) is 5.92 Å². The number of likely N-dealkylation sites (N-methyl/N-ethyl adjacent to an activating group) is 1. The molecule has 0 unspecified atom stereocenters. The summed E-state index contributed by atoms with van der Waals surface area (Å²) in [6.45, 7) is 6.56. The highest BCUT2D eigenvalue weighted by atomic mass is 16.5. The zero-order valence-corrected chi connectivity index (χ0v) is 15.6. The van der Waals surface area contributed by atoms with E-state index in [-0.39, 0.29) is 11.9 Å². The number of benzene rings is 1. The molecule has 2 aliphatic rings. The van der Waals surface area contributed by atoms with Gasteiger partial charge in [-0.3, -0.25) is 4.79 Å². The minimum Gasteiger partial charge on any atom is -0.380 e. The van der Waals surface area contributed by atoms with Gasteiger partial charge in [-0.25, -0.2) is 4.79 Å². The van der Waals surface area contributed by atoms with Gasteiger partial charge in [-0.05, 0) is 44.2 Å². The molecule has 2 saturated heterocycles. The summed E-state index contributed by atoms with van der Waals surface area (Å²) >= 11 is 0. The predicted octanol–water partition coefficient (Wildman–Crippen LogP) is 1.82. The Morgan fingerprint density at radius 2 is 2.19 bits per heavy atom. The topological polar surface area (TPSA) is 73.9 Å². The summed E-state index contributed by atoms with van der Waals surface area (Å²) in [5, 5.41) is 5.79. The van der Waals surface area contributed by atoms with Gasteiger partial charge in [0.1, 0.15) is 0 Å². The largest absolute Gasteiger partial charge is 0.380 e. The number of ether oxygens (including phenoxy) is 1. The molecule has 26 heavy (non-hydrogen) atoms. The Balaban J connectivity index is 1.52. The summed E-state index contributed by atoms with van der Waals surface area (Å²) in [5.41, 5.74) is 2.64. The van der Waals surface area contributed by atoms with Gasteiger partial charge in [-0.1, -0.05) is 0 Å². The highest BCUT2D eigenvalue weighted by Gasteiger charge is 2.23. The number of carbonyl (C=O) groups excluding carboxylic acids is 2. The third kappa shape index (κ3) is 4.74. The van der Waals surface area contributed by atoms with Crippen molar-refractivity contribution in [2.75, 3.05) is 56.7 Å². The van der Waals surface area contributed by atoms with Crippen molar-refractivity contribution in [2.45, 2.75) is 19.8 Å². The molecule has 142 valence electrons. The molecule has 2 aliphatic heterocycles. The van der Waals surface area contributed by atoms with Crippen LogP contribution in [0.3, 0.4) is 0 Å². The monoisotopic (exact) mass is 360 g/mol. The molecule has 2 N–H and O–H groups in total. The minimum absolute atomic E-state index is 0.169. The van der Waals surface area contributed by atoms with Crippen molar-refractivity contribution in [3.8, 4) is 0 Å². The van der Waals surface area contributed by atoms with Gasteiger partial charge in [0.15, 0.2) is 0 Å². The third-order valence-electron chi connectivity index (χ3n) is 4.91. The number of aryl methyl sites for hydroxylation is 1. The van der Waals surface area contributed by atoms with Gasteiger partial charge < -0.3 is 25.2 Å². The van der Waals surface area contributed by atoms with Crippen LogP contribution in [0.5, 0.6) is 0 Å². The molecule has 0 saturated carbocycles. The van der Waals surface area contributed by atoms with Gasteiger partial charge in [0.2, 0.25) is 5.91 Å². The molecule has 2 heterocycles. The zero-order valence-electron chi connectivity index (χ0n) is 15.6. The van der Waals surface area contributed by atoms with Crippen LogP contribution in [-0.4, -0.2) is 63.3 Å². The van der Waals surface area contributed by atoms with Crippen LogP contribution in [-0.2, 0) is 9.53 Å². The Hall–Kier alpha value is -2.12. The van der Waals surface area contributed by atoms with Crippen molar-refractivity contribution in [1.29, 1.82) is 0 Å². The van der Waals surface area contributed by atoms with E-state index in [9.17, 15) is 9.59 Å². The number of hydrogen-bond acceptors (Lipinski definition) is 4. The Kier molecular flexibility index (Phi) is 6.11. The Labute approximate surface area is 154 Å². The van der Waals surface area contributed by atoms with Crippen LogP contribution >= 0.6 is 0 Å². The number of anilines is 2. The highest BCUT2D eigenvalue weighted by Crippen LogP contribution is 2.27. The highest BCUT2D eigenvalue weighted by molar-refractivity contribution is 5.96. The molecular formula is C19H28N4O3. The summed E-state index contributed by atoms with van der Waals surface area (Å²) < 4.78 is 5.57. The van der Waals surface area contributed by atoms with E-state index in [4.69, 9.17) is 4.74 Å². The van der Waals surface area contributed by atoms with E-state index in [1.165, 1.54) is 0 Å². The van der Waals surface area contributed by atoms with Crippen LogP contribution in [0.25, 0.3) is 0 Å². The first kappa shape index (κ1) is 18.7. The van der Waals surface area contributed by atoms with Crippen molar-refractivity contribution < 1.29 is 14.3 Å². The number of nitrogens with zero attached hydrogens (tertiary/aromatic N) is 2. The Bertz CT molecular complexity index is 664. The van der Waals surface area contributed by atoms with Gasteiger partial charge in [-0.2, -0.15) is 0 Å². The number of urea groups is 1. The number of amides is 3. The molecule has 1 atom stereocenters. The molecular weight excluding hydrogens is 332 g/mol. The molecule has 0 radical (unpaired) electrons. The van der Waals surface area contributed by atoms with Gasteiger partial charge in [0.05, 0.1) is 13.2 Å². The summed E-state index contributed by atoms with van der Waals surface area (Å²) in [6, 6.07) is 5.43. The normalized spacial score (nSPS) is 21.5. The maximum Gasteiger partial charge on any atom is 0.319 e. The molecule has 2 fully saturated rings. The van der Waals surface area contributed by atoms with Crippen molar-refractivity contribution in [3.05, 3.63) is 23.8 Å². The van der Waals surface area contributed by atoms with E-state index in [1.807, 2.05) is 30.0 Å². The van der Waals surface area contributed by atoms with Crippen molar-refractivity contribution >= 4 is 23.3 Å². The van der Waals surface area contributed by atoms with Crippen LogP contribution in [0.1, 0.15) is 18.4 Å². The first-order chi connectivity index (χ1) is 12.5. The lowest BCUT2D eigenvalue weighted by molar-refractivity contribution is -0.117. The van der Waals surface area contributed by atoms with Crippen LogP contribution in [0.4, 0.5) is 16.2 Å². The number of nitrogens with one attached hydrogen (secondary N) is 2. The minimum atomic E-state index is -0.221. The van der Waals surface area contributed by atoms with Crippen LogP contribution < -0.4 is 15.5 Å². The molecule has 0 spiro atoms. The van der Waals surface area contributed by atoms with Crippen molar-refractivity contribution in [3.63, 3.8) is 0 Å². The van der Waals surface area contributed by atoms with E-state index in [0.717, 1.165) is 49.6 Å². The van der Waals surface area contributed by atoms with Crippen LogP contribution in [0.15, 0.2) is 18.2 Å². The van der Waals surface area contributed by atoms with E-state index >= 15 is 0 Å². The van der Waals surface area contributed by atoms with Crippen molar-refractivity contribution in [1.82, 2.24) is 10.2 Å². The first-order valence-electron chi connectivity index (χ1n) is 9.25. The van der Waals surface area contributed by atoms with Gasteiger partial charge >= 0.3 is 6.03 Å². The lowest BCUT2D eigenvalue weighted by Crippen LogP contribution is -2.37. The average Bonchev–Trinajstić information content (AvgIpc) is 2.90. The second kappa shape index (κ2) is 8.51. The summed E-state index contributed by atoms with van der Waals surface area (Å²) in [5.74, 6) is 0.459. The fourth-order valence-electron chi connectivity index (χ4n) is 3.53. The van der Waals surface area contributed by atoms with E-state index < -0.39 is 0 Å². The fraction of sp³-hybridized carbons (Fsp3) is 0.579. The number of rotatable bonds is 4. The molecule has 7 heteroatoms. The molecule has 1 aromatic carbocycles. The smallest absolute Gasteiger partial charge is 0.319 e. The maximum atomic E-state index is 12.2. The molecule has 3 amide bonds. The number of carbonyl (C=O) groups is 2. The summed E-state index contributed by atoms with van der Waals surface area (Å²) in [7, 11) is 2.07. The Morgan fingerprint density at radius 3 is 2.92 bits per heavy atom. The van der Waals surface area contributed by atoms with Crippen LogP contribution in [0, 0.1) is 12.8 Å². The SMILES string of the molecule is Cc1cc(NC(=O)NC[C@@H]2COCCN(C)C2)ccc1N1CCCC1=O.